The van der Waals surface area contributed by atoms with Crippen LogP contribution in [0.3, 0.4) is 0 Å². The zero-order valence-corrected chi connectivity index (χ0v) is 25.1. The molecule has 10 heteroatoms. The molecule has 2 aliphatic heterocycles. The predicted molar refractivity (Wildman–Crippen MR) is 165 cm³/mol. The third kappa shape index (κ3) is 6.65. The number of benzene rings is 2. The molecule has 41 heavy (non-hydrogen) atoms. The van der Waals surface area contributed by atoms with E-state index in [9.17, 15) is 14.7 Å². The van der Waals surface area contributed by atoms with Crippen LogP contribution in [0.2, 0.25) is 0 Å². The summed E-state index contributed by atoms with van der Waals surface area (Å²) in [5.74, 6) is -0.0446. The minimum Gasteiger partial charge on any atom is -0.398 e. The molecule has 0 spiro atoms. The van der Waals surface area contributed by atoms with Gasteiger partial charge in [0.1, 0.15) is 13.2 Å². The Balaban J connectivity index is 1.52. The highest BCUT2D eigenvalue weighted by atomic mass is 32.1. The number of hydrogen-bond acceptors (Lipinski definition) is 7. The van der Waals surface area contributed by atoms with E-state index in [1.807, 2.05) is 70.2 Å². The largest absolute Gasteiger partial charge is 0.398 e. The minimum absolute atomic E-state index is 0.133. The summed E-state index contributed by atoms with van der Waals surface area (Å²) in [6.45, 7) is 8.62. The van der Waals surface area contributed by atoms with Gasteiger partial charge in [-0.3, -0.25) is 14.6 Å². The van der Waals surface area contributed by atoms with E-state index >= 15 is 0 Å². The highest BCUT2D eigenvalue weighted by Gasteiger charge is 2.45. The first-order chi connectivity index (χ1) is 19.7. The van der Waals surface area contributed by atoms with Gasteiger partial charge >= 0.3 is 0 Å². The molecule has 1 saturated heterocycles. The first kappa shape index (κ1) is 30.3. The van der Waals surface area contributed by atoms with Gasteiger partial charge < -0.3 is 25.1 Å². The third-order valence-electron chi connectivity index (χ3n) is 7.50. The van der Waals surface area contributed by atoms with E-state index < -0.39 is 18.2 Å². The van der Waals surface area contributed by atoms with E-state index in [1.54, 1.807) is 22.1 Å². The van der Waals surface area contributed by atoms with Crippen molar-refractivity contribution in [3.63, 3.8) is 0 Å². The van der Waals surface area contributed by atoms with Crippen molar-refractivity contribution in [3.05, 3.63) is 76.5 Å². The second kappa shape index (κ2) is 13.4. The fraction of sp³-hybridized carbons (Fsp3) is 0.419. The molecule has 0 bridgehead atoms. The number of allylic oxidation sites excluding steroid dienone is 1. The number of aliphatic imine (C=N–C) groups is 1. The van der Waals surface area contributed by atoms with Gasteiger partial charge in [-0.1, -0.05) is 61.5 Å². The Hall–Kier alpha value is -3.63. The number of rotatable bonds is 9. The Morgan fingerprint density at radius 1 is 1.22 bits per heavy atom. The monoisotopic (exact) mass is 577 g/mol. The Labute approximate surface area is 247 Å². The van der Waals surface area contributed by atoms with Crippen molar-refractivity contribution >= 4 is 41.4 Å². The quantitative estimate of drug-likeness (QED) is 0.180. The van der Waals surface area contributed by atoms with Gasteiger partial charge in [0.2, 0.25) is 5.91 Å². The molecule has 0 saturated carbocycles. The molecule has 4 rings (SSSR count). The van der Waals surface area contributed by atoms with E-state index in [2.05, 4.69) is 28.1 Å². The first-order valence-corrected chi connectivity index (χ1v) is 14.3. The molecule has 2 aromatic carbocycles. The van der Waals surface area contributed by atoms with Crippen molar-refractivity contribution in [2.75, 3.05) is 13.7 Å². The van der Waals surface area contributed by atoms with Gasteiger partial charge in [0.15, 0.2) is 5.84 Å². The maximum Gasteiger partial charge on any atom is 0.255 e. The Morgan fingerprint density at radius 3 is 2.56 bits per heavy atom. The summed E-state index contributed by atoms with van der Waals surface area (Å²) in [5.41, 5.74) is 4.33. The summed E-state index contributed by atoms with van der Waals surface area (Å²) < 4.78 is 0. The molecule has 2 aromatic rings. The lowest BCUT2D eigenvalue weighted by molar-refractivity contribution is -0.138. The third-order valence-corrected chi connectivity index (χ3v) is 8.09. The summed E-state index contributed by atoms with van der Waals surface area (Å²) in [7, 11) is 1.45. The lowest BCUT2D eigenvalue weighted by atomic mass is 10.00. The first-order valence-electron chi connectivity index (χ1n) is 13.9. The molecule has 0 aromatic heterocycles. The van der Waals surface area contributed by atoms with E-state index in [1.165, 1.54) is 7.11 Å². The Bertz CT molecular complexity index is 1350. The topological polar surface area (TPSA) is 107 Å². The van der Waals surface area contributed by atoms with E-state index in [-0.39, 0.29) is 24.3 Å². The number of carbonyl (C=O) groups is 2. The van der Waals surface area contributed by atoms with Crippen molar-refractivity contribution in [1.29, 1.82) is 0 Å². The number of nitrogens with one attached hydrogen (secondary N) is 1. The van der Waals surface area contributed by atoms with Crippen molar-refractivity contribution in [2.24, 2.45) is 16.1 Å². The molecule has 1 fully saturated rings. The number of nitrogens with zero attached hydrogens (tertiary/aromatic N) is 4. The molecule has 218 valence electrons. The average molecular weight is 578 g/mol. The van der Waals surface area contributed by atoms with Crippen LogP contribution in [0.5, 0.6) is 0 Å². The second-order valence-corrected chi connectivity index (χ2v) is 11.2. The van der Waals surface area contributed by atoms with Gasteiger partial charge in [0.25, 0.3) is 5.91 Å². The fourth-order valence-corrected chi connectivity index (χ4v) is 5.72. The van der Waals surface area contributed by atoms with Crippen LogP contribution in [0.15, 0.2) is 64.4 Å². The lowest BCUT2D eigenvalue weighted by Gasteiger charge is -2.35. The van der Waals surface area contributed by atoms with Crippen LogP contribution in [-0.4, -0.2) is 70.6 Å². The molecular weight excluding hydrogens is 538 g/mol. The number of thiol groups is 1. The van der Waals surface area contributed by atoms with Gasteiger partial charge in [-0.25, -0.2) is 0 Å². The Morgan fingerprint density at radius 2 is 1.93 bits per heavy atom. The average Bonchev–Trinajstić information content (AvgIpc) is 3.50. The van der Waals surface area contributed by atoms with Gasteiger partial charge in [-0.15, -0.1) is 12.6 Å². The standard InChI is InChI=1S/C31H39N5O4S/c1-6-32-20(4)28(41)22-13-11-21(12-14-22)16-33-29(34-40-5)26-15-24(37)18-35(26)31(39)27(19(2)3)36-17-23-9-7-8-10-25(23)30(36)38/h6-14,19,24,26-27,37,41H,15-18H2,1-5H3,(H,33,34)/b28-20-,32-6-/t24-,26+,27+/m1/s1. The number of aliphatic hydroxyl groups is 1. The zero-order chi connectivity index (χ0) is 29.7. The van der Waals surface area contributed by atoms with Crippen LogP contribution in [0.1, 0.15) is 61.2 Å². The summed E-state index contributed by atoms with van der Waals surface area (Å²) in [4.78, 5) is 40.9. The number of aliphatic hydroxyl groups excluding tert-OH is 1. The fourth-order valence-electron chi connectivity index (χ4n) is 5.51. The number of amides is 2. The smallest absolute Gasteiger partial charge is 0.255 e. The molecule has 2 aliphatic rings. The molecule has 0 unspecified atom stereocenters. The number of hydrogen-bond donors (Lipinski definition) is 3. The molecule has 9 nitrogen and oxygen atoms in total. The van der Waals surface area contributed by atoms with Crippen molar-refractivity contribution in [1.82, 2.24) is 15.1 Å². The number of likely N-dealkylation sites (tertiary alicyclic amines) is 1. The summed E-state index contributed by atoms with van der Waals surface area (Å²) in [6.07, 6.45) is 1.32. The zero-order valence-electron chi connectivity index (χ0n) is 24.2. The molecule has 2 heterocycles. The van der Waals surface area contributed by atoms with Crippen LogP contribution in [0, 0.1) is 5.92 Å². The summed E-state index contributed by atoms with van der Waals surface area (Å²) >= 11 is 4.60. The molecule has 2 amide bonds. The maximum atomic E-state index is 14.1. The van der Waals surface area contributed by atoms with Crippen LogP contribution in [0.4, 0.5) is 0 Å². The van der Waals surface area contributed by atoms with Crippen molar-refractivity contribution in [3.8, 4) is 0 Å². The summed E-state index contributed by atoms with van der Waals surface area (Å²) in [5, 5.41) is 18.2. The number of carbonyl (C=O) groups excluding carboxylic acids is 2. The van der Waals surface area contributed by atoms with Crippen LogP contribution < -0.4 is 5.32 Å². The maximum absolute atomic E-state index is 14.1. The van der Waals surface area contributed by atoms with Gasteiger partial charge in [0.05, 0.1) is 17.8 Å². The number of fused-ring (bicyclic) bond motifs is 1. The molecule has 0 aliphatic carbocycles. The highest BCUT2D eigenvalue weighted by molar-refractivity contribution is 7.90. The van der Waals surface area contributed by atoms with Crippen LogP contribution in [-0.2, 0) is 22.7 Å². The van der Waals surface area contributed by atoms with E-state index in [0.29, 0.717) is 30.9 Å². The van der Waals surface area contributed by atoms with Gasteiger partial charge in [0, 0.05) is 42.7 Å². The molecule has 2 N–H and O–H groups in total. The molecular formula is C31H39N5O4S. The normalized spacial score (nSPS) is 20.5. The van der Waals surface area contributed by atoms with Gasteiger partial charge in [-0.05, 0) is 42.5 Å². The lowest BCUT2D eigenvalue weighted by Crippen LogP contribution is -2.55. The predicted octanol–water partition coefficient (Wildman–Crippen LogP) is 4.09. The molecule has 3 atom stereocenters. The van der Waals surface area contributed by atoms with Crippen molar-refractivity contribution < 1.29 is 19.5 Å². The van der Waals surface area contributed by atoms with Crippen LogP contribution in [0.25, 0.3) is 4.91 Å². The SMILES string of the molecule is C/C=N\C(C)=C(/S)c1ccc(CN/C(=N/OC)[C@@H]2C[C@@H](O)CN2C(=O)[C@H](C(C)C)N2Cc3ccccc3C2=O)cc1. The number of oxime groups is 1. The van der Waals surface area contributed by atoms with E-state index in [4.69, 9.17) is 4.84 Å². The van der Waals surface area contributed by atoms with Gasteiger partial charge in [-0.2, -0.15) is 0 Å². The highest BCUT2D eigenvalue weighted by Crippen LogP contribution is 2.30. The number of amidine groups is 1. The van der Waals surface area contributed by atoms with E-state index in [0.717, 1.165) is 27.3 Å². The number of β-amino-alcohol motifs (C(OH)–C–C–N with tert-alkyl or cyclic N) is 1. The molecule has 0 radical (unpaired) electrons. The van der Waals surface area contributed by atoms with Crippen molar-refractivity contribution in [2.45, 2.75) is 65.4 Å². The minimum atomic E-state index is -0.721. The summed E-state index contributed by atoms with van der Waals surface area (Å²) in [6, 6.07) is 14.2. The Kier molecular flexibility index (Phi) is 9.88. The second-order valence-electron chi connectivity index (χ2n) is 10.7. The van der Waals surface area contributed by atoms with Crippen LogP contribution >= 0.6 is 12.6 Å².